The third-order valence-corrected chi connectivity index (χ3v) is 3.37. The van der Waals surface area contributed by atoms with Crippen LogP contribution in [0.15, 0.2) is 18.2 Å². The van der Waals surface area contributed by atoms with Crippen molar-refractivity contribution in [3.05, 3.63) is 23.8 Å². The number of hydrogen-bond donors (Lipinski definition) is 2. The topological polar surface area (TPSA) is 120 Å². The Morgan fingerprint density at radius 3 is 2.38 bits per heavy atom. The van der Waals surface area contributed by atoms with E-state index in [1.807, 2.05) is 6.92 Å². The number of ether oxygens (including phenoxy) is 4. The number of hydrogen-bond acceptors (Lipinski definition) is 7. The summed E-state index contributed by atoms with van der Waals surface area (Å²) in [7, 11) is 2.62. The average molecular weight is 369 g/mol. The monoisotopic (exact) mass is 369 g/mol. The predicted molar refractivity (Wildman–Crippen MR) is 90.4 cm³/mol. The zero-order chi connectivity index (χ0) is 19.7. The molecule has 2 atom stereocenters. The molecule has 2 unspecified atom stereocenters. The number of esters is 1. The van der Waals surface area contributed by atoms with Crippen molar-refractivity contribution < 1.29 is 38.4 Å². The Hall–Kier alpha value is -2.97. The first-order valence-electron chi connectivity index (χ1n) is 7.86. The van der Waals surface area contributed by atoms with Gasteiger partial charge in [-0.15, -0.1) is 0 Å². The molecule has 0 saturated heterocycles. The number of carboxylic acids is 1. The fraction of sp³-hybridized carbons (Fsp3) is 0.471. The van der Waals surface area contributed by atoms with Crippen molar-refractivity contribution in [2.75, 3.05) is 20.8 Å². The second-order valence-electron chi connectivity index (χ2n) is 5.23. The van der Waals surface area contributed by atoms with Crippen molar-refractivity contribution >= 4 is 18.0 Å². The van der Waals surface area contributed by atoms with Crippen LogP contribution in [0.1, 0.15) is 19.4 Å². The highest BCUT2D eigenvalue weighted by Crippen LogP contribution is 2.28. The van der Waals surface area contributed by atoms with Gasteiger partial charge in [-0.05, 0) is 31.0 Å². The number of carbonyl (C=O) groups excluding carboxylic acids is 2. The van der Waals surface area contributed by atoms with Gasteiger partial charge in [0.05, 0.1) is 26.9 Å². The molecule has 0 radical (unpaired) electrons. The number of nitrogens with one attached hydrogen (secondary N) is 1. The van der Waals surface area contributed by atoms with Gasteiger partial charge in [0.1, 0.15) is 0 Å². The summed E-state index contributed by atoms with van der Waals surface area (Å²) >= 11 is 0. The number of carboxylic acid groups (broad SMARTS) is 1. The van der Waals surface area contributed by atoms with Crippen LogP contribution in [0.4, 0.5) is 4.79 Å². The fourth-order valence-corrected chi connectivity index (χ4v) is 2.30. The van der Waals surface area contributed by atoms with Crippen molar-refractivity contribution in [1.82, 2.24) is 5.32 Å². The fourth-order valence-electron chi connectivity index (χ4n) is 2.30. The molecule has 144 valence electrons. The van der Waals surface area contributed by atoms with E-state index in [0.717, 1.165) is 14.0 Å². The van der Waals surface area contributed by atoms with Gasteiger partial charge < -0.3 is 29.4 Å². The summed E-state index contributed by atoms with van der Waals surface area (Å²) in [5.41, 5.74) is 0.644. The molecular formula is C17H23NO8. The van der Waals surface area contributed by atoms with Crippen LogP contribution in [-0.4, -0.2) is 56.1 Å². The maximum Gasteiger partial charge on any atom is 0.407 e. The number of benzene rings is 1. The Labute approximate surface area is 151 Å². The second kappa shape index (κ2) is 10.1. The lowest BCUT2D eigenvalue weighted by molar-refractivity contribution is -0.164. The highest BCUT2D eigenvalue weighted by Gasteiger charge is 2.33. The molecule has 26 heavy (non-hydrogen) atoms. The molecule has 9 heteroatoms. The number of rotatable bonds is 9. The van der Waals surface area contributed by atoms with E-state index in [1.165, 1.54) is 7.11 Å². The number of methoxy groups -OCH3 is 2. The van der Waals surface area contributed by atoms with Gasteiger partial charge in [-0.3, -0.25) is 4.79 Å². The highest BCUT2D eigenvalue weighted by molar-refractivity contribution is 5.79. The van der Waals surface area contributed by atoms with E-state index in [0.29, 0.717) is 23.7 Å². The second-order valence-corrected chi connectivity index (χ2v) is 5.23. The van der Waals surface area contributed by atoms with Crippen LogP contribution in [0.2, 0.25) is 0 Å². The van der Waals surface area contributed by atoms with Gasteiger partial charge in [0.25, 0.3) is 0 Å². The Morgan fingerprint density at radius 2 is 1.88 bits per heavy atom. The molecule has 0 spiro atoms. The Kier molecular flexibility index (Phi) is 8.20. The van der Waals surface area contributed by atoms with E-state index in [-0.39, 0.29) is 6.42 Å². The third kappa shape index (κ3) is 6.15. The standard InChI is InChI=1S/C17H23NO8/c1-5-25-13-7-6-11(9-14(13)23-3)8-12(18-17(22)24-4)15(16(20)21)26-10(2)19/h6-7,9,12,15H,5,8H2,1-4H3,(H,18,22)(H,20,21). The maximum atomic E-state index is 11.6. The Morgan fingerprint density at radius 1 is 1.19 bits per heavy atom. The number of carbonyl (C=O) groups is 3. The normalized spacial score (nSPS) is 12.5. The molecule has 1 aromatic rings. The van der Waals surface area contributed by atoms with Crippen molar-refractivity contribution in [3.63, 3.8) is 0 Å². The van der Waals surface area contributed by atoms with Crippen molar-refractivity contribution in [3.8, 4) is 11.5 Å². The first kappa shape index (κ1) is 21.1. The number of alkyl carbamates (subject to hydrolysis) is 1. The molecule has 1 amide bonds. The van der Waals surface area contributed by atoms with E-state index in [2.05, 4.69) is 10.1 Å². The van der Waals surface area contributed by atoms with Gasteiger partial charge in [-0.1, -0.05) is 6.07 Å². The zero-order valence-corrected chi connectivity index (χ0v) is 15.1. The molecule has 0 fully saturated rings. The quantitative estimate of drug-likeness (QED) is 0.626. The van der Waals surface area contributed by atoms with E-state index in [4.69, 9.17) is 14.2 Å². The molecular weight excluding hydrogens is 346 g/mol. The van der Waals surface area contributed by atoms with Crippen LogP contribution < -0.4 is 14.8 Å². The van der Waals surface area contributed by atoms with Gasteiger partial charge in [-0.2, -0.15) is 0 Å². The molecule has 0 aromatic heterocycles. The molecule has 0 aliphatic carbocycles. The van der Waals surface area contributed by atoms with Crippen LogP contribution in [0, 0.1) is 0 Å². The minimum Gasteiger partial charge on any atom is -0.493 e. The average Bonchev–Trinajstić information content (AvgIpc) is 2.60. The van der Waals surface area contributed by atoms with Crippen LogP contribution in [-0.2, 0) is 25.5 Å². The van der Waals surface area contributed by atoms with Gasteiger partial charge in [0, 0.05) is 6.92 Å². The third-order valence-electron chi connectivity index (χ3n) is 3.37. The van der Waals surface area contributed by atoms with Crippen LogP contribution in [0.3, 0.4) is 0 Å². The van der Waals surface area contributed by atoms with E-state index in [9.17, 15) is 19.5 Å². The summed E-state index contributed by atoms with van der Waals surface area (Å²) in [6, 6.07) is 3.98. The van der Waals surface area contributed by atoms with Crippen molar-refractivity contribution in [2.24, 2.45) is 0 Å². The lowest BCUT2D eigenvalue weighted by Crippen LogP contribution is -2.50. The first-order chi connectivity index (χ1) is 12.3. The van der Waals surface area contributed by atoms with E-state index < -0.39 is 30.2 Å². The summed E-state index contributed by atoms with van der Waals surface area (Å²) in [4.78, 5) is 34.3. The summed E-state index contributed by atoms with van der Waals surface area (Å²) in [6.45, 7) is 3.38. The van der Waals surface area contributed by atoms with Crippen LogP contribution >= 0.6 is 0 Å². The van der Waals surface area contributed by atoms with E-state index >= 15 is 0 Å². The predicted octanol–water partition coefficient (Wildman–Crippen LogP) is 1.38. The maximum absolute atomic E-state index is 11.6. The highest BCUT2D eigenvalue weighted by atomic mass is 16.6. The molecule has 0 aliphatic heterocycles. The van der Waals surface area contributed by atoms with E-state index in [1.54, 1.807) is 18.2 Å². The lowest BCUT2D eigenvalue weighted by Gasteiger charge is -2.24. The number of amides is 1. The molecule has 9 nitrogen and oxygen atoms in total. The van der Waals surface area contributed by atoms with Crippen molar-refractivity contribution in [2.45, 2.75) is 32.4 Å². The SMILES string of the molecule is CCOc1ccc(CC(NC(=O)OC)C(OC(C)=O)C(=O)O)cc1OC. The summed E-state index contributed by atoms with van der Waals surface area (Å²) in [5, 5.41) is 11.7. The molecule has 0 aliphatic rings. The van der Waals surface area contributed by atoms with Gasteiger partial charge in [-0.25, -0.2) is 9.59 Å². The molecule has 2 N–H and O–H groups in total. The summed E-state index contributed by atoms with van der Waals surface area (Å²) < 4.78 is 20.1. The summed E-state index contributed by atoms with van der Waals surface area (Å²) in [6.07, 6.45) is -2.36. The van der Waals surface area contributed by atoms with Gasteiger partial charge in [0.2, 0.25) is 6.10 Å². The van der Waals surface area contributed by atoms with Crippen LogP contribution in [0.25, 0.3) is 0 Å². The van der Waals surface area contributed by atoms with Gasteiger partial charge in [0.15, 0.2) is 11.5 Å². The Balaban J connectivity index is 3.12. The lowest BCUT2D eigenvalue weighted by atomic mass is 10.0. The first-order valence-corrected chi connectivity index (χ1v) is 7.86. The Bertz CT molecular complexity index is 646. The molecule has 0 heterocycles. The molecule has 1 aromatic carbocycles. The smallest absolute Gasteiger partial charge is 0.407 e. The molecule has 0 saturated carbocycles. The largest absolute Gasteiger partial charge is 0.493 e. The minimum atomic E-state index is -1.58. The van der Waals surface area contributed by atoms with Gasteiger partial charge >= 0.3 is 18.0 Å². The summed E-state index contributed by atoms with van der Waals surface area (Å²) in [5.74, 6) is -1.18. The number of aliphatic carboxylic acids is 1. The molecule has 0 bridgehead atoms. The minimum absolute atomic E-state index is 0.0577. The molecule has 1 rings (SSSR count). The van der Waals surface area contributed by atoms with Crippen LogP contribution in [0.5, 0.6) is 11.5 Å². The zero-order valence-electron chi connectivity index (χ0n) is 15.1. The van der Waals surface area contributed by atoms with Crippen molar-refractivity contribution in [1.29, 1.82) is 0 Å².